The summed E-state index contributed by atoms with van der Waals surface area (Å²) in [6.45, 7) is 5.22. The number of amides is 1. The van der Waals surface area contributed by atoms with Gasteiger partial charge in [0.25, 0.3) is 0 Å². The van der Waals surface area contributed by atoms with E-state index in [0.717, 1.165) is 31.2 Å². The van der Waals surface area contributed by atoms with Gasteiger partial charge in [-0.15, -0.1) is 0 Å². The predicted molar refractivity (Wildman–Crippen MR) is 114 cm³/mol. The van der Waals surface area contributed by atoms with Crippen LogP contribution < -0.4 is 11.2 Å². The van der Waals surface area contributed by atoms with Gasteiger partial charge in [-0.2, -0.15) is 0 Å². The zero-order valence-electron chi connectivity index (χ0n) is 17.1. The maximum atomic E-state index is 12.9. The van der Waals surface area contributed by atoms with E-state index >= 15 is 0 Å². The van der Waals surface area contributed by atoms with Crippen molar-refractivity contribution in [1.82, 2.24) is 5.48 Å². The largest absolute Gasteiger partial charge is 0.330 e. The van der Waals surface area contributed by atoms with Gasteiger partial charge < -0.3 is 5.73 Å². The minimum Gasteiger partial charge on any atom is -0.330 e. The maximum absolute atomic E-state index is 12.9. The van der Waals surface area contributed by atoms with Crippen LogP contribution in [0, 0.1) is 17.8 Å². The summed E-state index contributed by atoms with van der Waals surface area (Å²) < 4.78 is 0. The van der Waals surface area contributed by atoms with E-state index in [-0.39, 0.29) is 17.7 Å². The number of carbonyl (C=O) groups is 1. The highest BCUT2D eigenvalue weighted by atomic mass is 16.6. The van der Waals surface area contributed by atoms with Gasteiger partial charge in [-0.05, 0) is 55.2 Å². The molecule has 0 aromatic heterocycles. The standard InChI is InChI=1S/C24H34N2O2/c1-19(2)16-22(17-25)23(15-9-14-20-10-5-3-6-11-20)24(27)26-28-18-21-12-7-4-8-13-21/h3-8,10-13,19,22-23H,9,14-18,25H2,1-2H3,(H,26,27)/t22-,23-/m0/s1. The van der Waals surface area contributed by atoms with Crippen molar-refractivity contribution < 1.29 is 9.63 Å². The van der Waals surface area contributed by atoms with Crippen LogP contribution in [0.25, 0.3) is 0 Å². The Hall–Kier alpha value is -2.17. The van der Waals surface area contributed by atoms with Crippen molar-refractivity contribution in [2.24, 2.45) is 23.5 Å². The summed E-state index contributed by atoms with van der Waals surface area (Å²) in [4.78, 5) is 18.4. The first-order valence-corrected chi connectivity index (χ1v) is 10.3. The number of nitrogens with one attached hydrogen (secondary N) is 1. The molecule has 0 saturated carbocycles. The average molecular weight is 383 g/mol. The summed E-state index contributed by atoms with van der Waals surface area (Å²) in [5, 5.41) is 0. The molecule has 152 valence electrons. The Labute approximate surface area is 169 Å². The summed E-state index contributed by atoms with van der Waals surface area (Å²) in [7, 11) is 0. The first kappa shape index (κ1) is 22.1. The molecule has 2 aromatic carbocycles. The number of benzene rings is 2. The van der Waals surface area contributed by atoms with Gasteiger partial charge in [0.05, 0.1) is 6.61 Å². The Morgan fingerprint density at radius 1 is 1.00 bits per heavy atom. The summed E-state index contributed by atoms with van der Waals surface area (Å²) in [5.74, 6) is 0.478. The van der Waals surface area contributed by atoms with Crippen LogP contribution in [-0.2, 0) is 22.7 Å². The number of hydrogen-bond acceptors (Lipinski definition) is 3. The Bertz CT molecular complexity index is 674. The highest BCUT2D eigenvalue weighted by Crippen LogP contribution is 2.25. The van der Waals surface area contributed by atoms with E-state index in [0.29, 0.717) is 19.1 Å². The fourth-order valence-corrected chi connectivity index (χ4v) is 3.62. The van der Waals surface area contributed by atoms with Crippen LogP contribution in [-0.4, -0.2) is 12.5 Å². The summed E-state index contributed by atoms with van der Waals surface area (Å²) in [6.07, 6.45) is 3.67. The molecular formula is C24H34N2O2. The van der Waals surface area contributed by atoms with Gasteiger partial charge in [-0.1, -0.05) is 74.5 Å². The van der Waals surface area contributed by atoms with E-state index in [1.807, 2.05) is 36.4 Å². The third kappa shape index (κ3) is 7.83. The molecule has 28 heavy (non-hydrogen) atoms. The lowest BCUT2D eigenvalue weighted by Crippen LogP contribution is -2.38. The molecule has 0 unspecified atom stereocenters. The Balaban J connectivity index is 1.92. The van der Waals surface area contributed by atoms with E-state index in [2.05, 4.69) is 43.6 Å². The van der Waals surface area contributed by atoms with E-state index < -0.39 is 0 Å². The van der Waals surface area contributed by atoms with Crippen molar-refractivity contribution in [1.29, 1.82) is 0 Å². The van der Waals surface area contributed by atoms with Crippen LogP contribution in [0.3, 0.4) is 0 Å². The Morgan fingerprint density at radius 2 is 1.61 bits per heavy atom. The van der Waals surface area contributed by atoms with Gasteiger partial charge in [0.15, 0.2) is 0 Å². The topological polar surface area (TPSA) is 64.4 Å². The van der Waals surface area contributed by atoms with Crippen molar-refractivity contribution in [2.45, 2.75) is 46.1 Å². The molecule has 0 fully saturated rings. The second kappa shape index (κ2) is 12.3. The molecule has 2 aromatic rings. The fraction of sp³-hybridized carbons (Fsp3) is 0.458. The van der Waals surface area contributed by atoms with Gasteiger partial charge in [0, 0.05) is 5.92 Å². The smallest absolute Gasteiger partial charge is 0.246 e. The maximum Gasteiger partial charge on any atom is 0.246 e. The molecule has 0 radical (unpaired) electrons. The van der Waals surface area contributed by atoms with E-state index in [4.69, 9.17) is 10.6 Å². The molecule has 0 aliphatic heterocycles. The van der Waals surface area contributed by atoms with Crippen molar-refractivity contribution in [2.75, 3.05) is 6.54 Å². The monoisotopic (exact) mass is 382 g/mol. The number of carbonyl (C=O) groups excluding carboxylic acids is 1. The molecule has 0 saturated heterocycles. The van der Waals surface area contributed by atoms with Gasteiger partial charge in [0.1, 0.15) is 0 Å². The molecule has 0 bridgehead atoms. The number of hydrogen-bond donors (Lipinski definition) is 2. The third-order valence-electron chi connectivity index (χ3n) is 5.06. The highest BCUT2D eigenvalue weighted by molar-refractivity contribution is 5.77. The summed E-state index contributed by atoms with van der Waals surface area (Å²) in [6, 6.07) is 20.2. The second-order valence-corrected chi connectivity index (χ2v) is 7.85. The summed E-state index contributed by atoms with van der Waals surface area (Å²) >= 11 is 0. The molecule has 1 amide bonds. The van der Waals surface area contributed by atoms with Gasteiger partial charge >= 0.3 is 0 Å². The average Bonchev–Trinajstić information content (AvgIpc) is 2.71. The molecule has 0 spiro atoms. The number of aryl methyl sites for hydroxylation is 1. The molecule has 2 atom stereocenters. The first-order valence-electron chi connectivity index (χ1n) is 10.3. The molecular weight excluding hydrogens is 348 g/mol. The van der Waals surface area contributed by atoms with Crippen molar-refractivity contribution in [3.63, 3.8) is 0 Å². The van der Waals surface area contributed by atoms with Crippen LogP contribution in [0.1, 0.15) is 44.2 Å². The van der Waals surface area contributed by atoms with Gasteiger partial charge in [-0.25, -0.2) is 5.48 Å². The molecule has 0 aliphatic rings. The highest BCUT2D eigenvalue weighted by Gasteiger charge is 2.28. The van der Waals surface area contributed by atoms with Crippen LogP contribution in [0.2, 0.25) is 0 Å². The summed E-state index contributed by atoms with van der Waals surface area (Å²) in [5.41, 5.74) is 11.0. The van der Waals surface area contributed by atoms with Gasteiger partial charge in [-0.3, -0.25) is 9.63 Å². The normalized spacial score (nSPS) is 13.3. The van der Waals surface area contributed by atoms with Crippen LogP contribution in [0.15, 0.2) is 60.7 Å². The molecule has 4 heteroatoms. The predicted octanol–water partition coefficient (Wildman–Crippen LogP) is 4.49. The molecule has 4 nitrogen and oxygen atoms in total. The third-order valence-corrected chi connectivity index (χ3v) is 5.06. The number of rotatable bonds is 12. The lowest BCUT2D eigenvalue weighted by molar-refractivity contribution is -0.141. The van der Waals surface area contributed by atoms with E-state index in [9.17, 15) is 4.79 Å². The number of nitrogens with two attached hydrogens (primary N) is 1. The molecule has 0 aliphatic carbocycles. The van der Waals surface area contributed by atoms with Crippen LogP contribution in [0.4, 0.5) is 0 Å². The van der Waals surface area contributed by atoms with E-state index in [1.165, 1.54) is 5.56 Å². The molecule has 2 rings (SSSR count). The molecule has 0 heterocycles. The lowest BCUT2D eigenvalue weighted by atomic mass is 9.81. The van der Waals surface area contributed by atoms with Gasteiger partial charge in [0.2, 0.25) is 5.91 Å². The van der Waals surface area contributed by atoms with Crippen LogP contribution in [0.5, 0.6) is 0 Å². The van der Waals surface area contributed by atoms with E-state index in [1.54, 1.807) is 0 Å². The van der Waals surface area contributed by atoms with Crippen LogP contribution >= 0.6 is 0 Å². The minimum atomic E-state index is -0.133. The fourth-order valence-electron chi connectivity index (χ4n) is 3.62. The SMILES string of the molecule is CC(C)C[C@@H](CN)[C@H](CCCc1ccccc1)C(=O)NOCc1ccccc1. The first-order chi connectivity index (χ1) is 13.6. The Kier molecular flexibility index (Phi) is 9.73. The van der Waals surface area contributed by atoms with Crippen molar-refractivity contribution in [3.05, 3.63) is 71.8 Å². The zero-order valence-corrected chi connectivity index (χ0v) is 17.1. The second-order valence-electron chi connectivity index (χ2n) is 7.85. The Morgan fingerprint density at radius 3 is 2.18 bits per heavy atom. The lowest BCUT2D eigenvalue weighted by Gasteiger charge is -2.26. The minimum absolute atomic E-state index is 0.0555. The van der Waals surface area contributed by atoms with Crippen molar-refractivity contribution in [3.8, 4) is 0 Å². The zero-order chi connectivity index (χ0) is 20.2. The van der Waals surface area contributed by atoms with Crippen molar-refractivity contribution >= 4 is 5.91 Å². The molecule has 3 N–H and O–H groups in total. The quantitative estimate of drug-likeness (QED) is 0.532. The number of hydroxylamine groups is 1.